The van der Waals surface area contributed by atoms with Gasteiger partial charge in [-0.25, -0.2) is 10.2 Å². The summed E-state index contributed by atoms with van der Waals surface area (Å²) in [6.07, 6.45) is 2.77. The number of methoxy groups -OCH3 is 4. The molecular formula is C24H24CuN10O6. The van der Waals surface area contributed by atoms with Crippen LogP contribution >= 0.6 is 0 Å². The van der Waals surface area contributed by atoms with Gasteiger partial charge in [0.05, 0.1) is 40.3 Å². The summed E-state index contributed by atoms with van der Waals surface area (Å²) in [6.45, 7) is 0. The van der Waals surface area contributed by atoms with Crippen molar-refractivity contribution in [2.24, 2.45) is 10.2 Å². The second-order valence-corrected chi connectivity index (χ2v) is 7.02. The van der Waals surface area contributed by atoms with Gasteiger partial charge in [-0.15, -0.1) is 0 Å². The monoisotopic (exact) mass is 611 g/mol. The molecule has 0 fully saturated rings. The maximum atomic E-state index is 9.56. The van der Waals surface area contributed by atoms with E-state index in [0.29, 0.717) is 11.1 Å². The summed E-state index contributed by atoms with van der Waals surface area (Å²) in [5.41, 5.74) is 8.66. The van der Waals surface area contributed by atoms with Gasteiger partial charge in [-0.05, 0) is 24.3 Å². The van der Waals surface area contributed by atoms with Crippen LogP contribution < -0.4 is 18.9 Å². The number of hydrogen-bond acceptors (Lipinski definition) is 14. The van der Waals surface area contributed by atoms with Crippen molar-refractivity contribution in [2.75, 3.05) is 28.4 Å². The van der Waals surface area contributed by atoms with E-state index in [1.54, 1.807) is 48.5 Å². The Balaban J connectivity index is 0.000000280. The Bertz CT molecular complexity index is 1310. The summed E-state index contributed by atoms with van der Waals surface area (Å²) < 4.78 is 19.5. The Morgan fingerprint density at radius 2 is 0.878 bits per heavy atom. The summed E-state index contributed by atoms with van der Waals surface area (Å²) >= 11 is 0. The molecule has 41 heavy (non-hydrogen) atoms. The minimum atomic E-state index is 0. The van der Waals surface area contributed by atoms with E-state index < -0.39 is 0 Å². The van der Waals surface area contributed by atoms with Gasteiger partial charge in [0.1, 0.15) is 11.5 Å². The number of aromatic nitrogens is 6. The fourth-order valence-corrected chi connectivity index (χ4v) is 2.59. The molecule has 0 bridgehead atoms. The van der Waals surface area contributed by atoms with Crippen LogP contribution in [0.2, 0.25) is 0 Å². The predicted molar refractivity (Wildman–Crippen MR) is 143 cm³/mol. The number of phenolic OH excluding ortho intramolecular Hbond substituents is 2. The molecule has 17 heteroatoms. The van der Waals surface area contributed by atoms with Gasteiger partial charge in [-0.2, -0.15) is 9.97 Å². The van der Waals surface area contributed by atoms with E-state index in [1.807, 2.05) is 0 Å². The maximum absolute atomic E-state index is 9.56. The van der Waals surface area contributed by atoms with Crippen LogP contribution in [0.25, 0.3) is 10.9 Å². The zero-order valence-corrected chi connectivity index (χ0v) is 23.0. The SMILES string of the molecule is COc1nc([N-]/N=C/c2ccccc2O)nc(OC)n1.COc1nc([N-]/N=C/c2ccccc2O)nc(OC)n1.[Cu+2]. The second-order valence-electron chi connectivity index (χ2n) is 7.02. The van der Waals surface area contributed by atoms with Crippen molar-refractivity contribution in [1.82, 2.24) is 29.9 Å². The molecule has 217 valence electrons. The number of phenols is 2. The zero-order valence-electron chi connectivity index (χ0n) is 22.1. The average molecular weight is 612 g/mol. The van der Waals surface area contributed by atoms with E-state index in [-0.39, 0.29) is 64.5 Å². The summed E-state index contributed by atoms with van der Waals surface area (Å²) in [5, 5.41) is 26.7. The second kappa shape index (κ2) is 16.6. The first-order valence-electron chi connectivity index (χ1n) is 11.2. The minimum absolute atomic E-state index is 0. The minimum Gasteiger partial charge on any atom is -0.507 e. The first-order valence-corrected chi connectivity index (χ1v) is 11.2. The third-order valence-electron chi connectivity index (χ3n) is 4.46. The van der Waals surface area contributed by atoms with Gasteiger partial charge in [0.25, 0.3) is 0 Å². The standard InChI is InChI=1S/2C12H12N5O3.Cu/c2*1-19-11-14-10(15-12(16-11)20-2)17-13-7-8-5-3-4-6-9(8)18;/h2*3-7H,1-2H3,(H-,13,14,15,16,17,18);/q2*-1;+2. The van der Waals surface area contributed by atoms with Crippen LogP contribution in [0, 0.1) is 0 Å². The predicted octanol–water partition coefficient (Wildman–Crippen LogP) is 3.26. The van der Waals surface area contributed by atoms with Crippen LogP contribution in [0.4, 0.5) is 11.9 Å². The maximum Gasteiger partial charge on any atom is 2.00 e. The molecule has 2 aromatic carbocycles. The molecule has 0 saturated carbocycles. The van der Waals surface area contributed by atoms with Gasteiger partial charge >= 0.3 is 17.1 Å². The van der Waals surface area contributed by atoms with Gasteiger partial charge < -0.3 is 49.1 Å². The fourth-order valence-electron chi connectivity index (χ4n) is 2.59. The molecule has 2 aromatic heterocycles. The summed E-state index contributed by atoms with van der Waals surface area (Å²) in [7, 11) is 5.68. The van der Waals surface area contributed by atoms with Gasteiger partial charge in [0.2, 0.25) is 24.0 Å². The number of para-hydroxylation sites is 2. The molecule has 0 aliphatic carbocycles. The van der Waals surface area contributed by atoms with Crippen LogP contribution in [0.5, 0.6) is 35.5 Å². The third-order valence-corrected chi connectivity index (χ3v) is 4.46. The van der Waals surface area contributed by atoms with Crippen LogP contribution in [0.3, 0.4) is 0 Å². The van der Waals surface area contributed by atoms with E-state index in [1.165, 1.54) is 40.9 Å². The summed E-state index contributed by atoms with van der Waals surface area (Å²) in [4.78, 5) is 23.2. The topological polar surface area (TPSA) is 208 Å². The van der Waals surface area contributed by atoms with E-state index in [4.69, 9.17) is 18.9 Å². The molecular weight excluding hydrogens is 588 g/mol. The molecule has 0 unspecified atom stereocenters. The first-order chi connectivity index (χ1) is 19.4. The molecule has 0 amide bonds. The molecule has 0 atom stereocenters. The summed E-state index contributed by atoms with van der Waals surface area (Å²) in [5.74, 6) is 0.301. The van der Waals surface area contributed by atoms with Crippen LogP contribution in [0.15, 0.2) is 58.7 Å². The molecule has 1 radical (unpaired) electrons. The Morgan fingerprint density at radius 1 is 0.561 bits per heavy atom. The molecule has 2 N–H and O–H groups in total. The average Bonchev–Trinajstić information content (AvgIpc) is 2.99. The smallest absolute Gasteiger partial charge is 0.507 e. The van der Waals surface area contributed by atoms with Gasteiger partial charge in [-0.3, -0.25) is 10.9 Å². The molecule has 4 aromatic rings. The number of rotatable bonds is 10. The van der Waals surface area contributed by atoms with Crippen molar-refractivity contribution in [2.45, 2.75) is 0 Å². The molecule has 0 aliphatic rings. The first kappa shape index (κ1) is 31.9. The number of nitrogens with zero attached hydrogens (tertiary/aromatic N) is 10. The fraction of sp³-hybridized carbons (Fsp3) is 0.167. The third kappa shape index (κ3) is 10.1. The van der Waals surface area contributed by atoms with Crippen LogP contribution in [0.1, 0.15) is 11.1 Å². The van der Waals surface area contributed by atoms with Crippen molar-refractivity contribution in [3.05, 3.63) is 70.5 Å². The Kier molecular flexibility index (Phi) is 13.0. The molecule has 2 heterocycles. The van der Waals surface area contributed by atoms with E-state index in [2.05, 4.69) is 51.0 Å². The Morgan fingerprint density at radius 3 is 1.17 bits per heavy atom. The van der Waals surface area contributed by atoms with Gasteiger partial charge in [0.15, 0.2) is 0 Å². The Labute approximate surface area is 245 Å². The normalized spacial score (nSPS) is 10.2. The number of hydrogen-bond donors (Lipinski definition) is 2. The molecule has 0 aliphatic heterocycles. The van der Waals surface area contributed by atoms with E-state index in [9.17, 15) is 10.2 Å². The molecule has 0 saturated heterocycles. The van der Waals surface area contributed by atoms with Crippen molar-refractivity contribution < 1.29 is 46.2 Å². The van der Waals surface area contributed by atoms with Crippen LogP contribution in [-0.2, 0) is 17.1 Å². The van der Waals surface area contributed by atoms with Crippen molar-refractivity contribution in [1.29, 1.82) is 0 Å². The molecule has 0 spiro atoms. The number of aromatic hydroxyl groups is 2. The number of benzene rings is 2. The van der Waals surface area contributed by atoms with Gasteiger partial charge in [0, 0.05) is 23.6 Å². The quantitative estimate of drug-likeness (QED) is 0.150. The number of ether oxygens (including phenoxy) is 4. The van der Waals surface area contributed by atoms with E-state index >= 15 is 0 Å². The zero-order chi connectivity index (χ0) is 28.7. The Hall–Kier alpha value is -5.28. The van der Waals surface area contributed by atoms with Crippen molar-refractivity contribution >= 4 is 24.3 Å². The van der Waals surface area contributed by atoms with E-state index in [0.717, 1.165) is 0 Å². The van der Waals surface area contributed by atoms with Crippen molar-refractivity contribution in [3.8, 4) is 35.5 Å². The van der Waals surface area contributed by atoms with Gasteiger partial charge in [-0.1, -0.05) is 24.3 Å². The van der Waals surface area contributed by atoms with Crippen molar-refractivity contribution in [3.63, 3.8) is 0 Å². The molecule has 16 nitrogen and oxygen atoms in total. The summed E-state index contributed by atoms with van der Waals surface area (Å²) in [6, 6.07) is 13.8. The largest absolute Gasteiger partial charge is 2.00 e. The molecule has 4 rings (SSSR count). The van der Waals surface area contributed by atoms with Crippen LogP contribution in [-0.4, -0.2) is 81.0 Å².